The summed E-state index contributed by atoms with van der Waals surface area (Å²) in [6.07, 6.45) is 6.75. The van der Waals surface area contributed by atoms with Crippen LogP contribution in [0.3, 0.4) is 0 Å². The Morgan fingerprint density at radius 2 is 2.15 bits per heavy atom. The molecule has 0 aliphatic heterocycles. The van der Waals surface area contributed by atoms with E-state index in [1.807, 2.05) is 0 Å². The third-order valence-electron chi connectivity index (χ3n) is 3.18. The summed E-state index contributed by atoms with van der Waals surface area (Å²) in [6, 6.07) is 0.826. The lowest BCUT2D eigenvalue weighted by Gasteiger charge is -2.34. The maximum absolute atomic E-state index is 5.69. The van der Waals surface area contributed by atoms with Crippen molar-refractivity contribution in [3.8, 4) is 0 Å². The Hall–Kier alpha value is 0.250. The molecular weight excluding hydrogens is 182 g/mol. The van der Waals surface area contributed by atoms with Crippen molar-refractivity contribution in [1.82, 2.24) is 4.90 Å². The zero-order valence-electron chi connectivity index (χ0n) is 8.93. The lowest BCUT2D eigenvalue weighted by Crippen LogP contribution is -2.36. The number of nitrogens with zero attached hydrogens (tertiary/aromatic N) is 1. The van der Waals surface area contributed by atoms with E-state index in [0.29, 0.717) is 0 Å². The number of halogens is 1. The average molecular weight is 204 g/mol. The van der Waals surface area contributed by atoms with E-state index in [1.54, 1.807) is 0 Å². The number of hydrogen-bond donors (Lipinski definition) is 0. The molecule has 1 fully saturated rings. The summed E-state index contributed by atoms with van der Waals surface area (Å²) in [4.78, 5) is 2.50. The molecule has 0 aromatic rings. The molecule has 0 saturated heterocycles. The van der Waals surface area contributed by atoms with E-state index in [2.05, 4.69) is 18.9 Å². The molecule has 2 atom stereocenters. The minimum absolute atomic E-state index is 0.798. The molecule has 0 radical (unpaired) electrons. The summed E-state index contributed by atoms with van der Waals surface area (Å²) in [7, 11) is 2.25. The van der Waals surface area contributed by atoms with Gasteiger partial charge in [-0.15, -0.1) is 11.6 Å². The second-order valence-corrected chi connectivity index (χ2v) is 4.83. The van der Waals surface area contributed by atoms with Crippen molar-refractivity contribution < 1.29 is 0 Å². The predicted octanol–water partition coefficient (Wildman–Crippen LogP) is 3.13. The SMILES string of the molecule is CC1CCCC(N(C)CCCCl)C1. The Balaban J connectivity index is 2.24. The van der Waals surface area contributed by atoms with E-state index in [9.17, 15) is 0 Å². The highest BCUT2D eigenvalue weighted by atomic mass is 35.5. The van der Waals surface area contributed by atoms with Crippen LogP contribution in [0.5, 0.6) is 0 Å². The summed E-state index contributed by atoms with van der Waals surface area (Å²) in [6.45, 7) is 3.54. The first-order chi connectivity index (χ1) is 6.24. The van der Waals surface area contributed by atoms with E-state index in [0.717, 1.165) is 24.3 Å². The van der Waals surface area contributed by atoms with E-state index in [-0.39, 0.29) is 0 Å². The van der Waals surface area contributed by atoms with Gasteiger partial charge >= 0.3 is 0 Å². The molecule has 78 valence electrons. The van der Waals surface area contributed by atoms with Crippen LogP contribution in [0.2, 0.25) is 0 Å². The van der Waals surface area contributed by atoms with Gasteiger partial charge in [0.05, 0.1) is 0 Å². The van der Waals surface area contributed by atoms with Crippen molar-refractivity contribution in [2.45, 2.75) is 45.1 Å². The van der Waals surface area contributed by atoms with Crippen LogP contribution in [-0.2, 0) is 0 Å². The third kappa shape index (κ3) is 3.86. The standard InChI is InChI=1S/C11H22ClN/c1-10-5-3-6-11(9-10)13(2)8-4-7-12/h10-11H,3-9H2,1-2H3. The molecule has 2 unspecified atom stereocenters. The maximum Gasteiger partial charge on any atom is 0.0235 e. The highest BCUT2D eigenvalue weighted by Crippen LogP contribution is 2.26. The van der Waals surface area contributed by atoms with Crippen LogP contribution in [0.4, 0.5) is 0 Å². The molecule has 0 N–H and O–H groups in total. The molecule has 0 spiro atoms. The molecule has 1 aliphatic carbocycles. The van der Waals surface area contributed by atoms with Gasteiger partial charge in [-0.2, -0.15) is 0 Å². The molecule has 0 amide bonds. The smallest absolute Gasteiger partial charge is 0.0235 e. The summed E-state index contributed by atoms with van der Waals surface area (Å²) < 4.78 is 0. The quantitative estimate of drug-likeness (QED) is 0.635. The minimum atomic E-state index is 0.798. The highest BCUT2D eigenvalue weighted by Gasteiger charge is 2.21. The van der Waals surface area contributed by atoms with Crippen molar-refractivity contribution in [2.24, 2.45) is 5.92 Å². The van der Waals surface area contributed by atoms with Crippen LogP contribution >= 0.6 is 11.6 Å². The summed E-state index contributed by atoms with van der Waals surface area (Å²) in [5.41, 5.74) is 0. The lowest BCUT2D eigenvalue weighted by molar-refractivity contribution is 0.164. The largest absolute Gasteiger partial charge is 0.303 e. The Morgan fingerprint density at radius 3 is 2.77 bits per heavy atom. The number of rotatable bonds is 4. The minimum Gasteiger partial charge on any atom is -0.303 e. The summed E-state index contributed by atoms with van der Waals surface area (Å²) >= 11 is 5.69. The monoisotopic (exact) mass is 203 g/mol. The van der Waals surface area contributed by atoms with Crippen molar-refractivity contribution in [3.63, 3.8) is 0 Å². The van der Waals surface area contributed by atoms with Gasteiger partial charge in [0.2, 0.25) is 0 Å². The van der Waals surface area contributed by atoms with Gasteiger partial charge in [-0.1, -0.05) is 19.8 Å². The molecule has 13 heavy (non-hydrogen) atoms. The van der Waals surface area contributed by atoms with Crippen LogP contribution in [0.25, 0.3) is 0 Å². The Labute approximate surface area is 87.4 Å². The topological polar surface area (TPSA) is 3.24 Å². The second kappa shape index (κ2) is 5.87. The fourth-order valence-electron chi connectivity index (χ4n) is 2.29. The van der Waals surface area contributed by atoms with Crippen LogP contribution in [-0.4, -0.2) is 30.4 Å². The fourth-order valence-corrected chi connectivity index (χ4v) is 2.41. The van der Waals surface area contributed by atoms with Gasteiger partial charge in [0.1, 0.15) is 0 Å². The Bertz CT molecular complexity index is 138. The first-order valence-electron chi connectivity index (χ1n) is 5.50. The molecule has 0 heterocycles. The normalized spacial score (nSPS) is 29.5. The molecule has 0 aromatic heterocycles. The number of hydrogen-bond acceptors (Lipinski definition) is 1. The average Bonchev–Trinajstić information content (AvgIpc) is 2.14. The molecule has 1 saturated carbocycles. The van der Waals surface area contributed by atoms with Crippen molar-refractivity contribution in [2.75, 3.05) is 19.5 Å². The molecule has 1 nitrogen and oxygen atoms in total. The van der Waals surface area contributed by atoms with Gasteiger partial charge in [0.15, 0.2) is 0 Å². The Morgan fingerprint density at radius 1 is 1.38 bits per heavy atom. The summed E-state index contributed by atoms with van der Waals surface area (Å²) in [5.74, 6) is 1.73. The van der Waals surface area contributed by atoms with Crippen LogP contribution in [0.15, 0.2) is 0 Å². The lowest BCUT2D eigenvalue weighted by atomic mass is 9.86. The van der Waals surface area contributed by atoms with Crippen molar-refractivity contribution in [1.29, 1.82) is 0 Å². The third-order valence-corrected chi connectivity index (χ3v) is 3.44. The summed E-state index contributed by atoms with van der Waals surface area (Å²) in [5, 5.41) is 0. The molecule has 2 heteroatoms. The fraction of sp³-hybridized carbons (Fsp3) is 1.00. The Kier molecular flexibility index (Phi) is 5.12. The van der Waals surface area contributed by atoms with Gasteiger partial charge in [0, 0.05) is 11.9 Å². The van der Waals surface area contributed by atoms with E-state index in [1.165, 1.54) is 32.2 Å². The maximum atomic E-state index is 5.69. The van der Waals surface area contributed by atoms with E-state index in [4.69, 9.17) is 11.6 Å². The first-order valence-corrected chi connectivity index (χ1v) is 6.03. The van der Waals surface area contributed by atoms with Gasteiger partial charge in [-0.25, -0.2) is 0 Å². The molecule has 0 aromatic carbocycles. The van der Waals surface area contributed by atoms with Crippen LogP contribution in [0, 0.1) is 5.92 Å². The zero-order valence-corrected chi connectivity index (χ0v) is 9.69. The van der Waals surface area contributed by atoms with Crippen molar-refractivity contribution >= 4 is 11.6 Å². The van der Waals surface area contributed by atoms with Crippen molar-refractivity contribution in [3.05, 3.63) is 0 Å². The molecule has 0 bridgehead atoms. The van der Waals surface area contributed by atoms with Gasteiger partial charge in [-0.3, -0.25) is 0 Å². The molecule has 1 rings (SSSR count). The van der Waals surface area contributed by atoms with E-state index < -0.39 is 0 Å². The first kappa shape index (κ1) is 11.3. The van der Waals surface area contributed by atoms with Crippen LogP contribution < -0.4 is 0 Å². The second-order valence-electron chi connectivity index (χ2n) is 4.45. The molecular formula is C11H22ClN. The van der Waals surface area contributed by atoms with Gasteiger partial charge in [-0.05, 0) is 38.8 Å². The highest BCUT2D eigenvalue weighted by molar-refractivity contribution is 6.17. The van der Waals surface area contributed by atoms with Gasteiger partial charge < -0.3 is 4.90 Å². The number of alkyl halides is 1. The van der Waals surface area contributed by atoms with Gasteiger partial charge in [0.25, 0.3) is 0 Å². The van der Waals surface area contributed by atoms with Crippen LogP contribution in [0.1, 0.15) is 39.0 Å². The van der Waals surface area contributed by atoms with E-state index >= 15 is 0 Å². The predicted molar refractivity (Wildman–Crippen MR) is 59.4 cm³/mol. The molecule has 1 aliphatic rings. The zero-order chi connectivity index (χ0) is 9.68.